The summed E-state index contributed by atoms with van der Waals surface area (Å²) in [4.78, 5) is 12.7. The first-order valence-electron chi connectivity index (χ1n) is 9.15. The molecule has 1 amide bonds. The number of nitrogens with zero attached hydrogens (tertiary/aromatic N) is 1. The number of carbonyl (C=O) groups excluding carboxylic acids is 1. The Labute approximate surface area is 169 Å². The highest BCUT2D eigenvalue weighted by Gasteiger charge is 2.22. The van der Waals surface area contributed by atoms with Crippen LogP contribution in [0.25, 0.3) is 0 Å². The van der Waals surface area contributed by atoms with Crippen molar-refractivity contribution in [3.8, 4) is 5.75 Å². The lowest BCUT2D eigenvalue weighted by Crippen LogP contribution is -2.30. The topological polar surface area (TPSA) is 75.7 Å². The molecule has 1 unspecified atom stereocenters. The molecule has 0 saturated carbocycles. The number of para-hydroxylation sites is 1. The van der Waals surface area contributed by atoms with Gasteiger partial charge in [-0.1, -0.05) is 38.1 Å². The minimum Gasteiger partial charge on any atom is -0.434 e. The quantitative estimate of drug-likeness (QED) is 0.662. The van der Waals surface area contributed by atoms with Gasteiger partial charge in [-0.2, -0.15) is 13.1 Å². The van der Waals surface area contributed by atoms with Gasteiger partial charge >= 0.3 is 6.61 Å². The van der Waals surface area contributed by atoms with Crippen molar-refractivity contribution in [2.24, 2.45) is 0 Å². The minimum atomic E-state index is -3.57. The number of sulfonamides is 1. The van der Waals surface area contributed by atoms with Crippen molar-refractivity contribution in [1.82, 2.24) is 9.62 Å². The minimum absolute atomic E-state index is 0.0135. The molecule has 0 spiro atoms. The lowest BCUT2D eigenvalue weighted by atomic mass is 10.1. The molecule has 0 bridgehead atoms. The summed E-state index contributed by atoms with van der Waals surface area (Å²) in [5, 5.41) is 2.71. The summed E-state index contributed by atoms with van der Waals surface area (Å²) in [6.07, 6.45) is 0. The maximum Gasteiger partial charge on any atom is 0.387 e. The number of amides is 1. The molecule has 0 aliphatic carbocycles. The Kier molecular flexibility index (Phi) is 7.69. The lowest BCUT2D eigenvalue weighted by Gasteiger charge is -2.19. The number of nitrogens with one attached hydrogen (secondary N) is 1. The van der Waals surface area contributed by atoms with Crippen LogP contribution in [-0.2, 0) is 10.0 Å². The van der Waals surface area contributed by atoms with E-state index in [0.29, 0.717) is 18.7 Å². The number of hydrogen-bond acceptors (Lipinski definition) is 4. The van der Waals surface area contributed by atoms with Gasteiger partial charge in [-0.3, -0.25) is 4.79 Å². The van der Waals surface area contributed by atoms with E-state index >= 15 is 0 Å². The molecule has 2 rings (SSSR count). The van der Waals surface area contributed by atoms with Crippen molar-refractivity contribution >= 4 is 15.9 Å². The summed E-state index contributed by atoms with van der Waals surface area (Å²) >= 11 is 0. The molecule has 9 heteroatoms. The lowest BCUT2D eigenvalue weighted by molar-refractivity contribution is -0.0501. The first-order valence-corrected chi connectivity index (χ1v) is 10.6. The largest absolute Gasteiger partial charge is 0.434 e. The van der Waals surface area contributed by atoms with E-state index in [4.69, 9.17) is 0 Å². The zero-order chi connectivity index (χ0) is 21.6. The Morgan fingerprint density at radius 2 is 1.66 bits per heavy atom. The normalized spacial score (nSPS) is 12.8. The smallest absolute Gasteiger partial charge is 0.387 e. The Morgan fingerprint density at radius 1 is 1.07 bits per heavy atom. The Balaban J connectivity index is 2.16. The van der Waals surface area contributed by atoms with Crippen molar-refractivity contribution in [2.45, 2.75) is 38.3 Å². The molecule has 0 heterocycles. The molecule has 0 aliphatic heterocycles. The maximum atomic E-state index is 12.5. The number of alkyl halides is 2. The van der Waals surface area contributed by atoms with Crippen LogP contribution in [0.15, 0.2) is 53.4 Å². The van der Waals surface area contributed by atoms with Crippen molar-refractivity contribution in [1.29, 1.82) is 0 Å². The standard InChI is InChI=1S/C20H24F2N2O4S/c1-4-24(5-2)29(26,27)16-12-10-15(11-13-16)14(3)23-19(25)17-8-6-7-9-18(17)28-20(21)22/h6-14,20H,4-5H2,1-3H3,(H,23,25). The van der Waals surface area contributed by atoms with Crippen LogP contribution < -0.4 is 10.1 Å². The van der Waals surface area contributed by atoms with Gasteiger partial charge in [-0.05, 0) is 36.8 Å². The van der Waals surface area contributed by atoms with Gasteiger partial charge in [0, 0.05) is 13.1 Å². The molecule has 1 N–H and O–H groups in total. The van der Waals surface area contributed by atoms with E-state index in [-0.39, 0.29) is 16.2 Å². The zero-order valence-corrected chi connectivity index (χ0v) is 17.2. The fourth-order valence-electron chi connectivity index (χ4n) is 2.85. The molecule has 0 radical (unpaired) electrons. The van der Waals surface area contributed by atoms with Gasteiger partial charge in [0.05, 0.1) is 16.5 Å². The molecule has 0 aliphatic rings. The molecule has 2 aromatic rings. The second-order valence-corrected chi connectivity index (χ2v) is 8.17. The Hall–Kier alpha value is -2.52. The molecular weight excluding hydrogens is 402 g/mol. The highest BCUT2D eigenvalue weighted by Crippen LogP contribution is 2.23. The predicted molar refractivity (Wildman–Crippen MR) is 106 cm³/mol. The number of rotatable bonds is 9. The third-order valence-corrected chi connectivity index (χ3v) is 6.48. The highest BCUT2D eigenvalue weighted by molar-refractivity contribution is 7.89. The van der Waals surface area contributed by atoms with Gasteiger partial charge in [0.1, 0.15) is 5.75 Å². The van der Waals surface area contributed by atoms with E-state index in [9.17, 15) is 22.0 Å². The van der Waals surface area contributed by atoms with E-state index < -0.39 is 28.6 Å². The summed E-state index contributed by atoms with van der Waals surface area (Å²) in [6, 6.07) is 11.4. The fourth-order valence-corrected chi connectivity index (χ4v) is 4.31. The molecule has 158 valence electrons. The molecule has 29 heavy (non-hydrogen) atoms. The van der Waals surface area contributed by atoms with Crippen LogP contribution in [0.5, 0.6) is 5.75 Å². The van der Waals surface area contributed by atoms with Crippen LogP contribution in [-0.4, -0.2) is 38.3 Å². The predicted octanol–water partition coefficient (Wildman–Crippen LogP) is 3.81. The van der Waals surface area contributed by atoms with Crippen molar-refractivity contribution < 1.29 is 26.7 Å². The Bertz CT molecular complexity index is 930. The van der Waals surface area contributed by atoms with E-state index in [1.54, 1.807) is 39.0 Å². The van der Waals surface area contributed by atoms with Crippen molar-refractivity contribution in [3.05, 3.63) is 59.7 Å². The third-order valence-electron chi connectivity index (χ3n) is 4.42. The molecule has 0 saturated heterocycles. The van der Waals surface area contributed by atoms with E-state index in [0.717, 1.165) is 0 Å². The van der Waals surface area contributed by atoms with Gasteiger partial charge in [0.25, 0.3) is 5.91 Å². The van der Waals surface area contributed by atoms with Gasteiger partial charge in [0.15, 0.2) is 0 Å². The van der Waals surface area contributed by atoms with Crippen LogP contribution in [0.1, 0.15) is 42.7 Å². The summed E-state index contributed by atoms with van der Waals surface area (Å²) in [7, 11) is -3.57. The molecule has 2 aromatic carbocycles. The zero-order valence-electron chi connectivity index (χ0n) is 16.4. The summed E-state index contributed by atoms with van der Waals surface area (Å²) in [5.74, 6) is -0.790. The van der Waals surface area contributed by atoms with Crippen LogP contribution in [0.3, 0.4) is 0 Å². The summed E-state index contributed by atoms with van der Waals surface area (Å²) < 4.78 is 55.9. The van der Waals surface area contributed by atoms with Gasteiger partial charge in [0.2, 0.25) is 10.0 Å². The second-order valence-electron chi connectivity index (χ2n) is 6.23. The van der Waals surface area contributed by atoms with Crippen LogP contribution in [0.4, 0.5) is 8.78 Å². The third kappa shape index (κ3) is 5.51. The fraction of sp³-hybridized carbons (Fsp3) is 0.350. The Morgan fingerprint density at radius 3 is 2.21 bits per heavy atom. The molecular formula is C20H24F2N2O4S. The van der Waals surface area contributed by atoms with Crippen molar-refractivity contribution in [3.63, 3.8) is 0 Å². The van der Waals surface area contributed by atoms with Crippen LogP contribution in [0, 0.1) is 0 Å². The first kappa shape index (κ1) is 22.8. The van der Waals surface area contributed by atoms with Gasteiger partial charge in [-0.25, -0.2) is 8.42 Å². The highest BCUT2D eigenvalue weighted by atomic mass is 32.2. The first-order chi connectivity index (χ1) is 13.7. The molecule has 6 nitrogen and oxygen atoms in total. The monoisotopic (exact) mass is 426 g/mol. The van der Waals surface area contributed by atoms with Gasteiger partial charge in [-0.15, -0.1) is 0 Å². The van der Waals surface area contributed by atoms with E-state index in [2.05, 4.69) is 10.1 Å². The van der Waals surface area contributed by atoms with Crippen LogP contribution in [0.2, 0.25) is 0 Å². The molecule has 1 atom stereocenters. The van der Waals surface area contributed by atoms with Gasteiger partial charge < -0.3 is 10.1 Å². The molecule has 0 fully saturated rings. The summed E-state index contributed by atoms with van der Waals surface area (Å²) in [6.45, 7) is 2.94. The number of halogens is 2. The van der Waals surface area contributed by atoms with Crippen LogP contribution >= 0.6 is 0 Å². The van der Waals surface area contributed by atoms with Crippen molar-refractivity contribution in [2.75, 3.05) is 13.1 Å². The second kappa shape index (κ2) is 9.80. The SMILES string of the molecule is CCN(CC)S(=O)(=O)c1ccc(C(C)NC(=O)c2ccccc2OC(F)F)cc1. The summed E-state index contributed by atoms with van der Waals surface area (Å²) in [5.41, 5.74) is 0.657. The number of ether oxygens (including phenoxy) is 1. The number of benzene rings is 2. The average Bonchev–Trinajstić information content (AvgIpc) is 2.68. The van der Waals surface area contributed by atoms with E-state index in [1.807, 2.05) is 0 Å². The number of carbonyl (C=O) groups is 1. The molecule has 0 aromatic heterocycles. The average molecular weight is 426 g/mol. The number of hydrogen-bond donors (Lipinski definition) is 1. The van der Waals surface area contributed by atoms with E-state index in [1.165, 1.54) is 34.6 Å². The maximum absolute atomic E-state index is 12.5.